The molecule has 0 saturated heterocycles. The number of benzene rings is 2. The van der Waals surface area contributed by atoms with Gasteiger partial charge in [-0.05, 0) is 48.4 Å². The minimum Gasteiger partial charge on any atom is -0.497 e. The van der Waals surface area contributed by atoms with Crippen LogP contribution in [0.15, 0.2) is 48.5 Å². The van der Waals surface area contributed by atoms with Crippen LogP contribution in [0.1, 0.15) is 12.5 Å². The Morgan fingerprint density at radius 1 is 1.04 bits per heavy atom. The first-order valence-corrected chi connectivity index (χ1v) is 8.86. The van der Waals surface area contributed by atoms with Gasteiger partial charge in [-0.15, -0.1) is 0 Å². The van der Waals surface area contributed by atoms with Gasteiger partial charge in [0.2, 0.25) is 11.8 Å². The predicted molar refractivity (Wildman–Crippen MR) is 109 cm³/mol. The molecule has 0 atom stereocenters. The molecule has 2 aromatic rings. The number of amides is 2. The van der Waals surface area contributed by atoms with Crippen LogP contribution in [0, 0.1) is 0 Å². The maximum absolute atomic E-state index is 12.3. The lowest BCUT2D eigenvalue weighted by molar-refractivity contribution is -0.123. The van der Waals surface area contributed by atoms with E-state index in [0.717, 1.165) is 17.0 Å². The highest BCUT2D eigenvalue weighted by Crippen LogP contribution is 2.19. The molecule has 0 aromatic heterocycles. The predicted octanol–water partition coefficient (Wildman–Crippen LogP) is 2.47. The molecule has 2 rings (SSSR count). The van der Waals surface area contributed by atoms with E-state index < -0.39 is 0 Å². The van der Waals surface area contributed by atoms with Crippen LogP contribution in [-0.4, -0.2) is 46.1 Å². The fourth-order valence-corrected chi connectivity index (χ4v) is 2.69. The van der Waals surface area contributed by atoms with Gasteiger partial charge < -0.3 is 19.9 Å². The average molecular weight is 369 g/mol. The molecule has 0 fully saturated rings. The molecule has 0 radical (unpaired) electrons. The van der Waals surface area contributed by atoms with Gasteiger partial charge in [-0.1, -0.05) is 12.1 Å². The molecule has 2 amide bonds. The number of hydrogen-bond donors (Lipinski definition) is 1. The van der Waals surface area contributed by atoms with Crippen molar-refractivity contribution in [2.75, 3.05) is 44.1 Å². The van der Waals surface area contributed by atoms with E-state index in [-0.39, 0.29) is 18.4 Å². The van der Waals surface area contributed by atoms with Gasteiger partial charge in [-0.3, -0.25) is 9.59 Å². The molecule has 0 spiro atoms. The second-order valence-electron chi connectivity index (χ2n) is 6.47. The van der Waals surface area contributed by atoms with Gasteiger partial charge in [0.05, 0.1) is 7.11 Å². The van der Waals surface area contributed by atoms with Crippen molar-refractivity contribution in [1.82, 2.24) is 5.32 Å². The van der Waals surface area contributed by atoms with E-state index in [4.69, 9.17) is 4.74 Å². The van der Waals surface area contributed by atoms with Gasteiger partial charge >= 0.3 is 0 Å². The summed E-state index contributed by atoms with van der Waals surface area (Å²) in [5, 5.41) is 2.87. The second kappa shape index (κ2) is 9.62. The van der Waals surface area contributed by atoms with Gasteiger partial charge in [-0.2, -0.15) is 0 Å². The Morgan fingerprint density at radius 2 is 1.70 bits per heavy atom. The van der Waals surface area contributed by atoms with E-state index in [1.54, 1.807) is 7.11 Å². The first-order valence-electron chi connectivity index (χ1n) is 8.86. The largest absolute Gasteiger partial charge is 0.497 e. The number of rotatable bonds is 8. The van der Waals surface area contributed by atoms with E-state index in [2.05, 4.69) is 5.32 Å². The molecule has 0 saturated carbocycles. The molecule has 1 N–H and O–H groups in total. The molecule has 0 aliphatic heterocycles. The summed E-state index contributed by atoms with van der Waals surface area (Å²) >= 11 is 0. The number of anilines is 2. The second-order valence-corrected chi connectivity index (χ2v) is 6.47. The fourth-order valence-electron chi connectivity index (χ4n) is 2.69. The van der Waals surface area contributed by atoms with Crippen LogP contribution in [0.5, 0.6) is 5.75 Å². The zero-order valence-corrected chi connectivity index (χ0v) is 16.4. The van der Waals surface area contributed by atoms with Crippen molar-refractivity contribution in [3.8, 4) is 5.75 Å². The Bertz CT molecular complexity index is 772. The summed E-state index contributed by atoms with van der Waals surface area (Å²) < 4.78 is 5.20. The summed E-state index contributed by atoms with van der Waals surface area (Å²) in [6, 6.07) is 15.3. The maximum atomic E-state index is 12.3. The molecular formula is C21H27N3O3. The van der Waals surface area contributed by atoms with Gasteiger partial charge in [0, 0.05) is 38.9 Å². The Hall–Kier alpha value is -3.02. The van der Waals surface area contributed by atoms with Gasteiger partial charge in [0.25, 0.3) is 0 Å². The van der Waals surface area contributed by atoms with Crippen LogP contribution in [0.2, 0.25) is 0 Å². The van der Waals surface area contributed by atoms with E-state index in [0.29, 0.717) is 18.7 Å². The topological polar surface area (TPSA) is 61.9 Å². The minimum absolute atomic E-state index is 0.00520. The Balaban J connectivity index is 1.91. The van der Waals surface area contributed by atoms with Crippen molar-refractivity contribution in [1.29, 1.82) is 0 Å². The molecule has 144 valence electrons. The molecule has 6 heteroatoms. The summed E-state index contributed by atoms with van der Waals surface area (Å²) in [6.07, 6.45) is 0.695. The monoisotopic (exact) mass is 369 g/mol. The van der Waals surface area contributed by atoms with E-state index in [1.165, 1.54) is 11.8 Å². The lowest BCUT2D eigenvalue weighted by Gasteiger charge is -2.22. The molecular weight excluding hydrogens is 342 g/mol. The minimum atomic E-state index is -0.190. The summed E-state index contributed by atoms with van der Waals surface area (Å²) in [6.45, 7) is 1.95. The number of ether oxygens (including phenoxy) is 1. The fraction of sp³-hybridized carbons (Fsp3) is 0.333. The molecule has 0 aliphatic carbocycles. The molecule has 0 heterocycles. The molecule has 6 nitrogen and oxygen atoms in total. The lowest BCUT2D eigenvalue weighted by atomic mass is 10.1. The van der Waals surface area contributed by atoms with Crippen molar-refractivity contribution in [2.45, 2.75) is 13.3 Å². The van der Waals surface area contributed by atoms with Gasteiger partial charge in [-0.25, -0.2) is 0 Å². The van der Waals surface area contributed by atoms with E-state index >= 15 is 0 Å². The summed E-state index contributed by atoms with van der Waals surface area (Å²) in [5.41, 5.74) is 2.82. The molecule has 0 bridgehead atoms. The molecule has 2 aromatic carbocycles. The lowest BCUT2D eigenvalue weighted by Crippen LogP contribution is -2.40. The standard InChI is InChI=1S/C21H27N3O3/c1-16(25)24(19-10-8-18(9-11-19)23(2)3)15-21(26)22-13-12-17-6-5-7-20(14-17)27-4/h5-11,14H,12-13,15H2,1-4H3,(H,22,26). The number of methoxy groups -OCH3 is 1. The molecule has 27 heavy (non-hydrogen) atoms. The van der Waals surface area contributed by atoms with Crippen LogP contribution >= 0.6 is 0 Å². The molecule has 0 aliphatic rings. The summed E-state index contributed by atoms with van der Waals surface area (Å²) in [7, 11) is 5.53. The highest BCUT2D eigenvalue weighted by molar-refractivity contribution is 5.97. The van der Waals surface area contributed by atoms with Crippen molar-refractivity contribution < 1.29 is 14.3 Å². The van der Waals surface area contributed by atoms with Crippen molar-refractivity contribution in [3.63, 3.8) is 0 Å². The van der Waals surface area contributed by atoms with Crippen LogP contribution in [0.3, 0.4) is 0 Å². The van der Waals surface area contributed by atoms with Crippen molar-refractivity contribution in [3.05, 3.63) is 54.1 Å². The third kappa shape index (κ3) is 6.02. The summed E-state index contributed by atoms with van der Waals surface area (Å²) in [5.74, 6) is 0.433. The van der Waals surface area contributed by atoms with Gasteiger partial charge in [0.15, 0.2) is 0 Å². The van der Waals surface area contributed by atoms with Crippen molar-refractivity contribution in [2.24, 2.45) is 0 Å². The van der Waals surface area contributed by atoms with E-state index in [1.807, 2.05) is 67.5 Å². The molecule has 0 unspecified atom stereocenters. The number of nitrogens with zero attached hydrogens (tertiary/aromatic N) is 2. The van der Waals surface area contributed by atoms with Crippen molar-refractivity contribution >= 4 is 23.2 Å². The number of carbonyl (C=O) groups excluding carboxylic acids is 2. The quantitative estimate of drug-likeness (QED) is 0.777. The summed E-state index contributed by atoms with van der Waals surface area (Å²) in [4.78, 5) is 27.7. The highest BCUT2D eigenvalue weighted by atomic mass is 16.5. The Labute approximate surface area is 160 Å². The van der Waals surface area contributed by atoms with Crippen LogP contribution in [0.4, 0.5) is 11.4 Å². The Kier molecular flexibility index (Phi) is 7.23. The normalized spacial score (nSPS) is 10.2. The van der Waals surface area contributed by atoms with Crippen LogP contribution < -0.4 is 19.9 Å². The zero-order chi connectivity index (χ0) is 19.8. The number of carbonyl (C=O) groups is 2. The van der Waals surface area contributed by atoms with Crippen LogP contribution in [-0.2, 0) is 16.0 Å². The van der Waals surface area contributed by atoms with Gasteiger partial charge in [0.1, 0.15) is 12.3 Å². The maximum Gasteiger partial charge on any atom is 0.240 e. The van der Waals surface area contributed by atoms with Crippen LogP contribution in [0.25, 0.3) is 0 Å². The van der Waals surface area contributed by atoms with E-state index in [9.17, 15) is 9.59 Å². The Morgan fingerprint density at radius 3 is 2.30 bits per heavy atom. The third-order valence-electron chi connectivity index (χ3n) is 4.23. The highest BCUT2D eigenvalue weighted by Gasteiger charge is 2.15. The SMILES string of the molecule is COc1cccc(CCNC(=O)CN(C(C)=O)c2ccc(N(C)C)cc2)c1. The number of nitrogens with one attached hydrogen (secondary N) is 1. The smallest absolute Gasteiger partial charge is 0.240 e. The third-order valence-corrected chi connectivity index (χ3v) is 4.23. The average Bonchev–Trinajstić information content (AvgIpc) is 2.66. The first kappa shape index (κ1) is 20.3. The first-order chi connectivity index (χ1) is 12.9. The number of hydrogen-bond acceptors (Lipinski definition) is 4. The zero-order valence-electron chi connectivity index (χ0n) is 16.4.